The van der Waals surface area contributed by atoms with Gasteiger partial charge in [0.2, 0.25) is 5.91 Å². The van der Waals surface area contributed by atoms with Gasteiger partial charge in [-0.1, -0.05) is 12.1 Å². The molecule has 3 amide bonds. The van der Waals surface area contributed by atoms with Gasteiger partial charge in [-0.25, -0.2) is 9.18 Å². The Morgan fingerprint density at radius 2 is 1.94 bits per heavy atom. The van der Waals surface area contributed by atoms with Crippen LogP contribution in [0.3, 0.4) is 0 Å². The maximum Gasteiger partial charge on any atom is 0.573 e. The first-order valence-corrected chi connectivity index (χ1v) is 10.5. The van der Waals surface area contributed by atoms with E-state index in [0.717, 1.165) is 5.56 Å². The third kappa shape index (κ3) is 6.30. The number of nitrogens with two attached hydrogens (primary N) is 1. The zero-order valence-electron chi connectivity index (χ0n) is 18.6. The summed E-state index contributed by atoms with van der Waals surface area (Å²) in [5.74, 6) is -0.144. The van der Waals surface area contributed by atoms with Crippen molar-refractivity contribution in [1.82, 2.24) is 10.6 Å². The molecule has 0 radical (unpaired) electrons. The van der Waals surface area contributed by atoms with Crippen molar-refractivity contribution < 1.29 is 36.6 Å². The molecule has 2 aromatic rings. The molecule has 4 N–H and O–H groups in total. The Hall–Kier alpha value is -3.50. The van der Waals surface area contributed by atoms with Gasteiger partial charge in [0, 0.05) is 24.9 Å². The van der Waals surface area contributed by atoms with Crippen molar-refractivity contribution in [3.8, 4) is 11.5 Å². The molecule has 0 spiro atoms. The number of alkyl halides is 3. The molecular formula is C23H25F4N3O4. The van der Waals surface area contributed by atoms with Gasteiger partial charge < -0.3 is 25.8 Å². The van der Waals surface area contributed by atoms with E-state index in [9.17, 15) is 27.2 Å². The van der Waals surface area contributed by atoms with Crippen molar-refractivity contribution in [3.05, 3.63) is 58.9 Å². The van der Waals surface area contributed by atoms with Crippen LogP contribution in [-0.4, -0.2) is 32.0 Å². The summed E-state index contributed by atoms with van der Waals surface area (Å²) in [6, 6.07) is 7.99. The lowest BCUT2D eigenvalue weighted by Crippen LogP contribution is -2.38. The molecule has 0 aromatic heterocycles. The Labute approximate surface area is 193 Å². The Balaban J connectivity index is 0.000000192. The molecule has 7 nitrogen and oxygen atoms in total. The highest BCUT2D eigenvalue weighted by Crippen LogP contribution is 2.46. The van der Waals surface area contributed by atoms with E-state index < -0.39 is 17.9 Å². The fraction of sp³-hybridized carbons (Fsp3) is 0.391. The first kappa shape index (κ1) is 25.1. The maximum absolute atomic E-state index is 13.8. The summed E-state index contributed by atoms with van der Waals surface area (Å²) >= 11 is 0. The Kier molecular flexibility index (Phi) is 7.23. The van der Waals surface area contributed by atoms with Gasteiger partial charge in [0.05, 0.1) is 12.6 Å². The van der Waals surface area contributed by atoms with Gasteiger partial charge in [-0.2, -0.15) is 0 Å². The minimum Gasteiger partial charge on any atom is -0.496 e. The standard InChI is InChI=1S/C12H14FNO2.C11H11F3N2O2/c1-7-3-9(8-4-12(15)14-6-8)10(13)5-11(7)16-2;12-11(13,14)18-8-3-1-2-7(6-8)10(4-5-10)16-9(15)17/h3,5,8H,4,6H2,1-2H3,(H,14,15);1-3,6H,4-5H2,(H3,15,16,17). The zero-order chi connectivity index (χ0) is 25.1. The predicted octanol–water partition coefficient (Wildman–Crippen LogP) is 3.99. The number of methoxy groups -OCH3 is 1. The van der Waals surface area contributed by atoms with Crippen molar-refractivity contribution in [1.29, 1.82) is 0 Å². The number of halogens is 4. The predicted molar refractivity (Wildman–Crippen MR) is 115 cm³/mol. The van der Waals surface area contributed by atoms with E-state index in [4.69, 9.17) is 10.5 Å². The molecule has 2 aliphatic rings. The fourth-order valence-corrected chi connectivity index (χ4v) is 3.88. The van der Waals surface area contributed by atoms with Crippen LogP contribution in [0.4, 0.5) is 22.4 Å². The van der Waals surface area contributed by atoms with E-state index in [1.165, 1.54) is 31.4 Å². The second-order valence-corrected chi connectivity index (χ2v) is 8.20. The molecule has 1 aliphatic carbocycles. The van der Waals surface area contributed by atoms with E-state index in [1.807, 2.05) is 6.92 Å². The van der Waals surface area contributed by atoms with Gasteiger partial charge in [-0.05, 0) is 54.7 Å². The maximum atomic E-state index is 13.8. The summed E-state index contributed by atoms with van der Waals surface area (Å²) in [4.78, 5) is 21.9. The molecule has 11 heteroatoms. The summed E-state index contributed by atoms with van der Waals surface area (Å²) in [6.45, 7) is 2.38. The summed E-state index contributed by atoms with van der Waals surface area (Å²) in [5, 5.41) is 5.25. The van der Waals surface area contributed by atoms with Crippen molar-refractivity contribution in [3.63, 3.8) is 0 Å². The van der Waals surface area contributed by atoms with Crippen LogP contribution in [0.15, 0.2) is 36.4 Å². The van der Waals surface area contributed by atoms with Crippen molar-refractivity contribution in [2.24, 2.45) is 5.73 Å². The number of carbonyl (C=O) groups is 2. The van der Waals surface area contributed by atoms with Crippen LogP contribution >= 0.6 is 0 Å². The van der Waals surface area contributed by atoms with Gasteiger partial charge in [0.25, 0.3) is 0 Å². The lowest BCUT2D eigenvalue weighted by atomic mass is 9.96. The molecule has 4 rings (SSSR count). The minimum absolute atomic E-state index is 0.0159. The average molecular weight is 483 g/mol. The highest BCUT2D eigenvalue weighted by molar-refractivity contribution is 5.79. The van der Waals surface area contributed by atoms with Crippen LogP contribution in [0.5, 0.6) is 11.5 Å². The number of urea groups is 1. The van der Waals surface area contributed by atoms with E-state index in [0.29, 0.717) is 42.7 Å². The number of hydrogen-bond acceptors (Lipinski definition) is 4. The van der Waals surface area contributed by atoms with E-state index in [-0.39, 0.29) is 23.4 Å². The number of carbonyl (C=O) groups excluding carboxylic acids is 2. The lowest BCUT2D eigenvalue weighted by Gasteiger charge is -2.17. The number of ether oxygens (including phenoxy) is 2. The second kappa shape index (κ2) is 9.78. The second-order valence-electron chi connectivity index (χ2n) is 8.20. The third-order valence-electron chi connectivity index (χ3n) is 5.66. The molecular weight excluding hydrogens is 458 g/mol. The number of amides is 3. The van der Waals surface area contributed by atoms with Crippen molar-refractivity contribution >= 4 is 11.9 Å². The fourth-order valence-electron chi connectivity index (χ4n) is 3.88. The highest BCUT2D eigenvalue weighted by atomic mass is 19.4. The largest absolute Gasteiger partial charge is 0.573 e. The van der Waals surface area contributed by atoms with E-state index in [1.54, 1.807) is 12.1 Å². The normalized spacial score (nSPS) is 18.3. The van der Waals surface area contributed by atoms with E-state index >= 15 is 0 Å². The zero-order valence-corrected chi connectivity index (χ0v) is 18.6. The molecule has 184 valence electrons. The Bertz CT molecular complexity index is 1070. The number of hydrogen-bond donors (Lipinski definition) is 3. The van der Waals surface area contributed by atoms with E-state index in [2.05, 4.69) is 15.4 Å². The van der Waals surface area contributed by atoms with Crippen LogP contribution in [0.1, 0.15) is 41.9 Å². The molecule has 2 fully saturated rings. The number of rotatable bonds is 5. The average Bonchev–Trinajstić information content (AvgIpc) is 3.39. The molecule has 1 atom stereocenters. The monoisotopic (exact) mass is 483 g/mol. The van der Waals surface area contributed by atoms with Crippen LogP contribution in [-0.2, 0) is 10.3 Å². The first-order valence-electron chi connectivity index (χ1n) is 10.5. The molecule has 1 saturated carbocycles. The molecule has 1 aliphatic heterocycles. The third-order valence-corrected chi connectivity index (χ3v) is 5.66. The molecule has 1 saturated heterocycles. The Morgan fingerprint density at radius 1 is 1.24 bits per heavy atom. The number of nitrogens with one attached hydrogen (secondary N) is 2. The van der Waals surface area contributed by atoms with Crippen LogP contribution < -0.4 is 25.8 Å². The summed E-state index contributed by atoms with van der Waals surface area (Å²) in [6.07, 6.45) is -3.08. The quantitative estimate of drug-likeness (QED) is 0.560. The molecule has 34 heavy (non-hydrogen) atoms. The minimum atomic E-state index is -4.73. The van der Waals surface area contributed by atoms with Gasteiger partial charge in [-0.3, -0.25) is 4.79 Å². The van der Waals surface area contributed by atoms with Crippen LogP contribution in [0.25, 0.3) is 0 Å². The van der Waals surface area contributed by atoms with Gasteiger partial charge in [0.1, 0.15) is 17.3 Å². The highest BCUT2D eigenvalue weighted by Gasteiger charge is 2.45. The number of benzene rings is 2. The summed E-state index contributed by atoms with van der Waals surface area (Å²) < 4.78 is 58.9. The molecule has 1 heterocycles. The summed E-state index contributed by atoms with van der Waals surface area (Å²) in [7, 11) is 1.52. The summed E-state index contributed by atoms with van der Waals surface area (Å²) in [5.41, 5.74) is 6.43. The van der Waals surface area contributed by atoms with Gasteiger partial charge in [-0.15, -0.1) is 13.2 Å². The Morgan fingerprint density at radius 3 is 2.47 bits per heavy atom. The SMILES string of the molecule is COc1cc(F)c(C2CNC(=O)C2)cc1C.NC(=O)NC1(c2cccc(OC(F)(F)F)c2)CC1. The van der Waals surface area contributed by atoms with Gasteiger partial charge >= 0.3 is 12.4 Å². The smallest absolute Gasteiger partial charge is 0.496 e. The first-order chi connectivity index (χ1) is 15.9. The van der Waals surface area contributed by atoms with Crippen molar-refractivity contribution in [2.45, 2.75) is 44.0 Å². The number of aryl methyl sites for hydroxylation is 1. The topological polar surface area (TPSA) is 103 Å². The molecule has 2 aromatic carbocycles. The lowest BCUT2D eigenvalue weighted by molar-refractivity contribution is -0.274. The molecule has 1 unspecified atom stereocenters. The number of primary amides is 1. The van der Waals surface area contributed by atoms with Crippen molar-refractivity contribution in [2.75, 3.05) is 13.7 Å². The van der Waals surface area contributed by atoms with Gasteiger partial charge in [0.15, 0.2) is 0 Å². The van der Waals surface area contributed by atoms with Crippen LogP contribution in [0.2, 0.25) is 0 Å². The van der Waals surface area contributed by atoms with Crippen LogP contribution in [0, 0.1) is 12.7 Å². The molecule has 0 bridgehead atoms.